The second-order valence-corrected chi connectivity index (χ2v) is 8.59. The topological polar surface area (TPSA) is 38.8 Å². The number of nitrogens with zero attached hydrogens (tertiary/aromatic N) is 1. The van der Waals surface area contributed by atoms with Crippen LogP contribution in [0, 0.1) is 13.8 Å². The monoisotopic (exact) mass is 439 g/mol. The molecule has 4 nitrogen and oxygen atoms in total. The van der Waals surface area contributed by atoms with Crippen LogP contribution in [0.15, 0.2) is 60.0 Å². The number of para-hydroxylation sites is 1. The number of carbonyl (C=O) groups excluding carboxylic acids is 1. The summed E-state index contributed by atoms with van der Waals surface area (Å²) in [6, 6.07) is 13.8. The van der Waals surface area contributed by atoms with E-state index in [1.165, 1.54) is 22.9 Å². The van der Waals surface area contributed by atoms with Crippen molar-refractivity contribution in [2.45, 2.75) is 20.3 Å². The lowest BCUT2D eigenvalue weighted by Gasteiger charge is -2.11. The highest BCUT2D eigenvalue weighted by atomic mass is 32.2. The van der Waals surface area contributed by atoms with Gasteiger partial charge in [-0.25, -0.2) is 0 Å². The van der Waals surface area contributed by atoms with Crippen LogP contribution in [0.25, 0.3) is 6.08 Å². The van der Waals surface area contributed by atoms with Gasteiger partial charge in [0.05, 0.1) is 18.1 Å². The molecule has 0 atom stereocenters. The van der Waals surface area contributed by atoms with Crippen molar-refractivity contribution in [2.75, 3.05) is 19.8 Å². The molecule has 0 saturated carbocycles. The molecule has 0 aliphatic carbocycles. The van der Waals surface area contributed by atoms with E-state index in [-0.39, 0.29) is 5.91 Å². The Kier molecular flexibility index (Phi) is 7.71. The van der Waals surface area contributed by atoms with Crippen LogP contribution in [-0.4, -0.2) is 34.9 Å². The zero-order valence-electron chi connectivity index (χ0n) is 17.2. The van der Waals surface area contributed by atoms with Crippen LogP contribution in [0.4, 0.5) is 0 Å². The van der Waals surface area contributed by atoms with E-state index in [2.05, 4.69) is 26.5 Å². The maximum atomic E-state index is 12.5. The molecule has 0 N–H and O–H groups in total. The molecule has 0 radical (unpaired) electrons. The number of carbonyl (C=O) groups is 1. The van der Waals surface area contributed by atoms with E-state index in [0.29, 0.717) is 29.0 Å². The lowest BCUT2D eigenvalue weighted by molar-refractivity contribution is -0.121. The van der Waals surface area contributed by atoms with Crippen LogP contribution in [0.1, 0.15) is 23.1 Å². The minimum absolute atomic E-state index is 0.0958. The normalized spacial score (nSPS) is 15.0. The molecule has 0 spiro atoms. The largest absolute Gasteiger partial charge is 0.493 e. The van der Waals surface area contributed by atoms with Crippen LogP contribution < -0.4 is 9.47 Å². The van der Waals surface area contributed by atoms with E-state index in [4.69, 9.17) is 21.7 Å². The van der Waals surface area contributed by atoms with Crippen molar-refractivity contribution in [3.63, 3.8) is 0 Å². The van der Waals surface area contributed by atoms with Gasteiger partial charge in [0, 0.05) is 18.5 Å². The predicted molar refractivity (Wildman–Crippen MR) is 128 cm³/mol. The fourth-order valence-corrected chi connectivity index (χ4v) is 4.16. The molecule has 1 saturated heterocycles. The zero-order chi connectivity index (χ0) is 21.5. The van der Waals surface area contributed by atoms with Gasteiger partial charge in [0.2, 0.25) is 0 Å². The van der Waals surface area contributed by atoms with Crippen molar-refractivity contribution >= 4 is 40.3 Å². The molecule has 1 amide bonds. The van der Waals surface area contributed by atoms with Crippen molar-refractivity contribution in [3.05, 3.63) is 76.7 Å². The first-order valence-electron chi connectivity index (χ1n) is 9.77. The maximum Gasteiger partial charge on any atom is 0.266 e. The Morgan fingerprint density at radius 3 is 2.63 bits per heavy atom. The quantitative estimate of drug-likeness (QED) is 0.222. The fraction of sp³-hybridized carbons (Fsp3) is 0.250. The molecule has 3 rings (SSSR count). The Labute approximate surface area is 187 Å². The Morgan fingerprint density at radius 1 is 1.10 bits per heavy atom. The number of aryl methyl sites for hydroxylation is 2. The summed E-state index contributed by atoms with van der Waals surface area (Å²) in [7, 11) is 0. The molecule has 1 aliphatic heterocycles. The molecule has 0 unspecified atom stereocenters. The number of rotatable bonds is 9. The van der Waals surface area contributed by atoms with Gasteiger partial charge in [0.1, 0.15) is 15.8 Å². The smallest absolute Gasteiger partial charge is 0.266 e. The van der Waals surface area contributed by atoms with Gasteiger partial charge in [-0.3, -0.25) is 9.69 Å². The molecule has 1 fully saturated rings. The summed E-state index contributed by atoms with van der Waals surface area (Å²) >= 11 is 6.60. The third-order valence-corrected chi connectivity index (χ3v) is 6.06. The molecular formula is C24H25NO3S2. The molecule has 1 heterocycles. The Morgan fingerprint density at radius 2 is 1.87 bits per heavy atom. The van der Waals surface area contributed by atoms with Crippen LogP contribution in [0.2, 0.25) is 0 Å². The second kappa shape index (κ2) is 10.5. The van der Waals surface area contributed by atoms with E-state index in [0.717, 1.165) is 23.5 Å². The van der Waals surface area contributed by atoms with E-state index in [1.54, 1.807) is 11.0 Å². The molecule has 2 aromatic carbocycles. The molecule has 156 valence electrons. The average Bonchev–Trinajstić information content (AvgIpc) is 2.99. The molecular weight excluding hydrogens is 414 g/mol. The molecule has 6 heteroatoms. The van der Waals surface area contributed by atoms with Gasteiger partial charge in [-0.15, -0.1) is 6.58 Å². The molecule has 0 bridgehead atoms. The SMILES string of the molecule is C=CCN1C(=O)/C(=C/c2ccccc2OCCCOc2ccc(C)c(C)c2)SC1=S. The summed E-state index contributed by atoms with van der Waals surface area (Å²) in [5, 5.41) is 0. The van der Waals surface area contributed by atoms with Gasteiger partial charge < -0.3 is 9.47 Å². The van der Waals surface area contributed by atoms with Crippen molar-refractivity contribution in [1.29, 1.82) is 0 Å². The van der Waals surface area contributed by atoms with Gasteiger partial charge in [0.15, 0.2) is 0 Å². The lowest BCUT2D eigenvalue weighted by Crippen LogP contribution is -2.27. The van der Waals surface area contributed by atoms with E-state index in [9.17, 15) is 4.79 Å². The lowest BCUT2D eigenvalue weighted by atomic mass is 10.1. The molecule has 2 aromatic rings. The number of amides is 1. The van der Waals surface area contributed by atoms with Crippen molar-refractivity contribution < 1.29 is 14.3 Å². The third-order valence-electron chi connectivity index (χ3n) is 4.68. The van der Waals surface area contributed by atoms with E-state index < -0.39 is 0 Å². The third kappa shape index (κ3) is 5.52. The number of benzene rings is 2. The number of hydrogen-bond acceptors (Lipinski definition) is 5. The molecule has 0 aromatic heterocycles. The first-order chi connectivity index (χ1) is 14.5. The summed E-state index contributed by atoms with van der Waals surface area (Å²) in [4.78, 5) is 14.7. The Balaban J connectivity index is 1.56. The highest BCUT2D eigenvalue weighted by Crippen LogP contribution is 2.34. The Bertz CT molecular complexity index is 984. The first kappa shape index (κ1) is 22.1. The number of thioether (sulfide) groups is 1. The minimum Gasteiger partial charge on any atom is -0.493 e. The highest BCUT2D eigenvalue weighted by Gasteiger charge is 2.31. The molecule has 30 heavy (non-hydrogen) atoms. The van der Waals surface area contributed by atoms with E-state index >= 15 is 0 Å². The number of ether oxygens (including phenoxy) is 2. The maximum absolute atomic E-state index is 12.5. The van der Waals surface area contributed by atoms with E-state index in [1.807, 2.05) is 42.5 Å². The summed E-state index contributed by atoms with van der Waals surface area (Å²) in [5.41, 5.74) is 3.33. The molecule has 1 aliphatic rings. The van der Waals surface area contributed by atoms with Gasteiger partial charge in [-0.1, -0.05) is 54.3 Å². The van der Waals surface area contributed by atoms with Gasteiger partial charge >= 0.3 is 0 Å². The van der Waals surface area contributed by atoms with Gasteiger partial charge in [0.25, 0.3) is 5.91 Å². The fourth-order valence-electron chi connectivity index (χ4n) is 2.89. The van der Waals surface area contributed by atoms with Crippen molar-refractivity contribution in [3.8, 4) is 11.5 Å². The van der Waals surface area contributed by atoms with Crippen LogP contribution in [0.5, 0.6) is 11.5 Å². The zero-order valence-corrected chi connectivity index (χ0v) is 18.9. The second-order valence-electron chi connectivity index (χ2n) is 6.92. The predicted octanol–water partition coefficient (Wildman–Crippen LogP) is 5.54. The summed E-state index contributed by atoms with van der Waals surface area (Å²) in [6.07, 6.45) is 4.26. The summed E-state index contributed by atoms with van der Waals surface area (Å²) < 4.78 is 12.3. The number of hydrogen-bond donors (Lipinski definition) is 0. The summed E-state index contributed by atoms with van der Waals surface area (Å²) in [6.45, 7) is 9.35. The average molecular weight is 440 g/mol. The van der Waals surface area contributed by atoms with Crippen LogP contribution in [-0.2, 0) is 4.79 Å². The van der Waals surface area contributed by atoms with Crippen LogP contribution in [0.3, 0.4) is 0 Å². The first-order valence-corrected chi connectivity index (χ1v) is 11.0. The minimum atomic E-state index is -0.0958. The number of thiocarbonyl (C=S) groups is 1. The summed E-state index contributed by atoms with van der Waals surface area (Å²) in [5.74, 6) is 1.51. The Hall–Kier alpha value is -2.57. The van der Waals surface area contributed by atoms with Crippen molar-refractivity contribution in [1.82, 2.24) is 4.90 Å². The van der Waals surface area contributed by atoms with Crippen molar-refractivity contribution in [2.24, 2.45) is 0 Å². The van der Waals surface area contributed by atoms with Gasteiger partial charge in [-0.2, -0.15) is 0 Å². The standard InChI is InChI=1S/C24H25NO3S2/c1-4-12-25-23(26)22(30-24(25)29)16-19-8-5-6-9-21(19)28-14-7-13-27-20-11-10-17(2)18(3)15-20/h4-6,8-11,15-16H,1,7,12-14H2,2-3H3/b22-16-. The van der Waals surface area contributed by atoms with Crippen LogP contribution >= 0.6 is 24.0 Å². The highest BCUT2D eigenvalue weighted by molar-refractivity contribution is 8.26. The van der Waals surface area contributed by atoms with Gasteiger partial charge in [-0.05, 0) is 49.2 Å².